The first-order valence-electron chi connectivity index (χ1n) is 5.04. The van der Waals surface area contributed by atoms with Crippen molar-refractivity contribution in [3.05, 3.63) is 17.7 Å². The molecule has 17 heavy (non-hydrogen) atoms. The number of rotatable bonds is 1. The largest absolute Gasteiger partial charge is 1.00 e. The summed E-state index contributed by atoms with van der Waals surface area (Å²) < 4.78 is 10.6. The molecule has 5 heteroatoms. The van der Waals surface area contributed by atoms with Gasteiger partial charge in [-0.2, -0.15) is 0 Å². The van der Waals surface area contributed by atoms with Gasteiger partial charge < -0.3 is 14.6 Å². The summed E-state index contributed by atoms with van der Waals surface area (Å²) in [5, 5.41) is 11.5. The molecule has 0 unspecified atom stereocenters. The quantitative estimate of drug-likeness (QED) is 0.565. The summed E-state index contributed by atoms with van der Waals surface area (Å²) in [4.78, 5) is 11.8. The Kier molecular flexibility index (Phi) is 4.12. The van der Waals surface area contributed by atoms with Gasteiger partial charge in [-0.1, -0.05) is 11.8 Å². The van der Waals surface area contributed by atoms with Crippen LogP contribution in [0.4, 0.5) is 0 Å². The Labute approximate surface area is 122 Å². The molecular formula is C12H13NaO4. The van der Waals surface area contributed by atoms with E-state index >= 15 is 0 Å². The number of hydrogen-bond acceptors (Lipinski definition) is 4. The van der Waals surface area contributed by atoms with Gasteiger partial charge >= 0.3 is 29.6 Å². The zero-order valence-corrected chi connectivity index (χ0v) is 12.5. The fraction of sp³-hybridized carbons (Fsp3) is 0.417. The second-order valence-corrected chi connectivity index (χ2v) is 4.46. The number of benzene rings is 1. The van der Waals surface area contributed by atoms with Crippen molar-refractivity contribution in [3.8, 4) is 17.2 Å². The maximum atomic E-state index is 11.8. The molecule has 1 aromatic carbocycles. The van der Waals surface area contributed by atoms with E-state index in [1.807, 2.05) is 13.8 Å². The molecule has 0 saturated heterocycles. The topological polar surface area (TPSA) is 58.6 Å². The van der Waals surface area contributed by atoms with Crippen LogP contribution in [0.5, 0.6) is 17.2 Å². The molecule has 86 valence electrons. The van der Waals surface area contributed by atoms with E-state index in [0.717, 1.165) is 0 Å². The molecule has 1 aliphatic heterocycles. The summed E-state index contributed by atoms with van der Waals surface area (Å²) in [6.07, 6.45) is 0.284. The molecule has 0 radical (unpaired) electrons. The van der Waals surface area contributed by atoms with Gasteiger partial charge in [0.05, 0.1) is 19.1 Å². The first-order valence-corrected chi connectivity index (χ1v) is 5.04. The van der Waals surface area contributed by atoms with Gasteiger partial charge in [0.15, 0.2) is 5.78 Å². The summed E-state index contributed by atoms with van der Waals surface area (Å²) in [7, 11) is 1.42. The maximum absolute atomic E-state index is 11.8. The molecule has 1 heterocycles. The third-order valence-corrected chi connectivity index (χ3v) is 2.54. The van der Waals surface area contributed by atoms with E-state index in [0.29, 0.717) is 11.3 Å². The Bertz CT molecular complexity index is 454. The van der Waals surface area contributed by atoms with Gasteiger partial charge in [0.2, 0.25) is 0 Å². The molecule has 0 N–H and O–H groups in total. The van der Waals surface area contributed by atoms with Crippen LogP contribution in [0.2, 0.25) is 0 Å². The average Bonchev–Trinajstić information content (AvgIpc) is 2.17. The fourth-order valence-electron chi connectivity index (χ4n) is 1.82. The molecule has 1 aromatic rings. The van der Waals surface area contributed by atoms with Crippen LogP contribution in [0.3, 0.4) is 0 Å². The van der Waals surface area contributed by atoms with Crippen molar-refractivity contribution >= 4 is 5.78 Å². The smallest absolute Gasteiger partial charge is 0.870 e. The molecular weight excluding hydrogens is 231 g/mol. The molecule has 0 amide bonds. The second-order valence-electron chi connectivity index (χ2n) is 4.46. The predicted octanol–water partition coefficient (Wildman–Crippen LogP) is -1.48. The van der Waals surface area contributed by atoms with Crippen LogP contribution in [-0.4, -0.2) is 18.5 Å². The minimum absolute atomic E-state index is 0. The maximum Gasteiger partial charge on any atom is 1.00 e. The van der Waals surface area contributed by atoms with E-state index in [-0.39, 0.29) is 53.3 Å². The number of fused-ring (bicyclic) bond motifs is 1. The van der Waals surface area contributed by atoms with Gasteiger partial charge in [0, 0.05) is 6.07 Å². The zero-order valence-electron chi connectivity index (χ0n) is 10.5. The SMILES string of the molecule is COc1cc2c(cc1[O-])C(=O)CC(C)(C)O2.[Na+]. The van der Waals surface area contributed by atoms with Gasteiger partial charge in [-0.3, -0.25) is 4.79 Å². The van der Waals surface area contributed by atoms with Crippen molar-refractivity contribution in [2.75, 3.05) is 7.11 Å². The van der Waals surface area contributed by atoms with Crippen molar-refractivity contribution in [1.82, 2.24) is 0 Å². The van der Waals surface area contributed by atoms with E-state index in [9.17, 15) is 9.90 Å². The number of carbonyl (C=O) groups excluding carboxylic acids is 1. The molecule has 2 rings (SSSR count). The molecule has 0 aromatic heterocycles. The van der Waals surface area contributed by atoms with Gasteiger partial charge in [0.1, 0.15) is 17.1 Å². The number of Topliss-reactive ketones (excluding diaryl/α,β-unsaturated/α-hetero) is 1. The van der Waals surface area contributed by atoms with E-state index in [1.54, 1.807) is 0 Å². The summed E-state index contributed by atoms with van der Waals surface area (Å²) in [6, 6.07) is 2.77. The summed E-state index contributed by atoms with van der Waals surface area (Å²) >= 11 is 0. The van der Waals surface area contributed by atoms with Crippen molar-refractivity contribution in [2.45, 2.75) is 25.9 Å². The van der Waals surface area contributed by atoms with E-state index in [2.05, 4.69) is 0 Å². The van der Waals surface area contributed by atoms with Crippen molar-refractivity contribution in [1.29, 1.82) is 0 Å². The minimum atomic E-state index is -0.528. The normalized spacial score (nSPS) is 16.5. The van der Waals surface area contributed by atoms with Crippen molar-refractivity contribution in [3.63, 3.8) is 0 Å². The molecule has 0 atom stereocenters. The van der Waals surface area contributed by atoms with Crippen LogP contribution < -0.4 is 44.1 Å². The number of carbonyl (C=O) groups is 1. The number of ether oxygens (including phenoxy) is 2. The monoisotopic (exact) mass is 244 g/mol. The number of methoxy groups -OCH3 is 1. The zero-order chi connectivity index (χ0) is 11.9. The minimum Gasteiger partial charge on any atom is -0.870 e. The summed E-state index contributed by atoms with van der Waals surface area (Å²) in [5.41, 5.74) is -0.176. The van der Waals surface area contributed by atoms with Gasteiger partial charge in [0.25, 0.3) is 0 Å². The first kappa shape index (κ1) is 14.4. The van der Waals surface area contributed by atoms with Crippen LogP contribution >= 0.6 is 0 Å². The Morgan fingerprint density at radius 1 is 1.41 bits per heavy atom. The standard InChI is InChI=1S/C12H14O4.Na/c1-12(2)6-9(14)7-4-8(13)11(15-3)5-10(7)16-12;/h4-5,13H,6H2,1-3H3;/q;+1/p-1. The molecule has 0 fully saturated rings. The Balaban J connectivity index is 0.00000144. The summed E-state index contributed by atoms with van der Waals surface area (Å²) in [5.74, 6) is 0.269. The molecule has 4 nitrogen and oxygen atoms in total. The third-order valence-electron chi connectivity index (χ3n) is 2.54. The molecule has 1 aliphatic rings. The average molecular weight is 244 g/mol. The van der Waals surface area contributed by atoms with E-state index < -0.39 is 5.60 Å². The van der Waals surface area contributed by atoms with Crippen LogP contribution in [0, 0.1) is 0 Å². The second kappa shape index (κ2) is 4.88. The predicted molar refractivity (Wildman–Crippen MR) is 56.1 cm³/mol. The summed E-state index contributed by atoms with van der Waals surface area (Å²) in [6.45, 7) is 3.68. The van der Waals surface area contributed by atoms with Gasteiger partial charge in [-0.15, -0.1) is 0 Å². The molecule has 0 spiro atoms. The Morgan fingerprint density at radius 2 is 2.06 bits per heavy atom. The van der Waals surface area contributed by atoms with Crippen LogP contribution in [0.15, 0.2) is 12.1 Å². The van der Waals surface area contributed by atoms with Crippen LogP contribution in [0.1, 0.15) is 30.6 Å². The number of ketones is 1. The van der Waals surface area contributed by atoms with Crippen molar-refractivity contribution in [2.24, 2.45) is 0 Å². The van der Waals surface area contributed by atoms with Crippen LogP contribution in [0.25, 0.3) is 0 Å². The number of hydrogen-bond donors (Lipinski definition) is 0. The fourth-order valence-corrected chi connectivity index (χ4v) is 1.82. The van der Waals surface area contributed by atoms with Gasteiger partial charge in [-0.25, -0.2) is 0 Å². The molecule has 0 aliphatic carbocycles. The Hall–Kier alpha value is -0.710. The van der Waals surface area contributed by atoms with Crippen LogP contribution in [-0.2, 0) is 0 Å². The Morgan fingerprint density at radius 3 is 2.65 bits per heavy atom. The van der Waals surface area contributed by atoms with E-state index in [1.165, 1.54) is 19.2 Å². The third kappa shape index (κ3) is 2.76. The first-order chi connectivity index (χ1) is 7.43. The van der Waals surface area contributed by atoms with Gasteiger partial charge in [-0.05, 0) is 13.8 Å². The molecule has 0 saturated carbocycles. The van der Waals surface area contributed by atoms with E-state index in [4.69, 9.17) is 9.47 Å². The van der Waals surface area contributed by atoms with Crippen molar-refractivity contribution < 1.29 is 48.9 Å². The molecule has 0 bridgehead atoms.